The number of thiazole rings is 1. The highest BCUT2D eigenvalue weighted by molar-refractivity contribution is 7.09. The average Bonchev–Trinajstić information content (AvgIpc) is 2.93. The van der Waals surface area contributed by atoms with Crippen molar-refractivity contribution in [2.75, 3.05) is 0 Å². The van der Waals surface area contributed by atoms with Gasteiger partial charge in [0, 0.05) is 10.9 Å². The fourth-order valence-electron chi connectivity index (χ4n) is 1.96. The third kappa shape index (κ3) is 3.06. The van der Waals surface area contributed by atoms with Gasteiger partial charge in [0.25, 0.3) is 0 Å². The zero-order valence-electron chi connectivity index (χ0n) is 11.2. The lowest BCUT2D eigenvalue weighted by Crippen LogP contribution is -1.94. The van der Waals surface area contributed by atoms with Crippen molar-refractivity contribution in [1.82, 2.24) is 4.98 Å². The molecule has 3 heteroatoms. The Morgan fingerprint density at radius 2 is 1.75 bits per heavy atom. The van der Waals surface area contributed by atoms with Crippen LogP contribution in [0.2, 0.25) is 0 Å². The van der Waals surface area contributed by atoms with E-state index >= 15 is 0 Å². The van der Waals surface area contributed by atoms with Crippen LogP contribution in [0.5, 0.6) is 5.75 Å². The molecule has 0 saturated carbocycles. The summed E-state index contributed by atoms with van der Waals surface area (Å²) < 4.78 is 5.77. The normalized spacial score (nSPS) is 10.4. The zero-order chi connectivity index (χ0) is 13.8. The molecule has 0 unspecified atom stereocenters. The van der Waals surface area contributed by atoms with Gasteiger partial charge in [-0.25, -0.2) is 4.98 Å². The van der Waals surface area contributed by atoms with Gasteiger partial charge in [0.1, 0.15) is 12.4 Å². The number of benzene rings is 2. The molecule has 2 aromatic carbocycles. The molecule has 1 heterocycles. The van der Waals surface area contributed by atoms with Gasteiger partial charge in [-0.3, -0.25) is 0 Å². The van der Waals surface area contributed by atoms with Gasteiger partial charge in [0.05, 0.1) is 10.7 Å². The molecular formula is C17H15NOS. The quantitative estimate of drug-likeness (QED) is 0.691. The number of aromatic nitrogens is 1. The van der Waals surface area contributed by atoms with Gasteiger partial charge in [-0.15, -0.1) is 11.3 Å². The Kier molecular flexibility index (Phi) is 3.79. The van der Waals surface area contributed by atoms with E-state index in [1.165, 1.54) is 5.56 Å². The van der Waals surface area contributed by atoms with Gasteiger partial charge in [-0.2, -0.15) is 0 Å². The smallest absolute Gasteiger partial charge is 0.119 e. The lowest BCUT2D eigenvalue weighted by Gasteiger charge is -2.06. The Labute approximate surface area is 122 Å². The van der Waals surface area contributed by atoms with E-state index in [0.29, 0.717) is 6.61 Å². The standard InChI is InChI=1S/C17H15NOS/c1-13-18-17(12-20-13)15-7-9-16(10-8-15)19-11-14-5-3-2-4-6-14/h2-10,12H,11H2,1H3. The van der Waals surface area contributed by atoms with Crippen molar-refractivity contribution < 1.29 is 4.74 Å². The highest BCUT2D eigenvalue weighted by Crippen LogP contribution is 2.24. The first-order valence-electron chi connectivity index (χ1n) is 6.50. The third-order valence-corrected chi connectivity index (χ3v) is 3.79. The molecule has 0 aliphatic carbocycles. The first-order valence-corrected chi connectivity index (χ1v) is 7.38. The van der Waals surface area contributed by atoms with E-state index in [2.05, 4.69) is 34.6 Å². The monoisotopic (exact) mass is 281 g/mol. The Morgan fingerprint density at radius 1 is 1.00 bits per heavy atom. The summed E-state index contributed by atoms with van der Waals surface area (Å²) in [6.07, 6.45) is 0. The second-order valence-corrected chi connectivity index (χ2v) is 5.61. The summed E-state index contributed by atoms with van der Waals surface area (Å²) in [7, 11) is 0. The predicted molar refractivity (Wildman–Crippen MR) is 83.1 cm³/mol. The third-order valence-electron chi connectivity index (χ3n) is 3.02. The lowest BCUT2D eigenvalue weighted by molar-refractivity contribution is 0.306. The summed E-state index contributed by atoms with van der Waals surface area (Å²) in [6.45, 7) is 2.61. The topological polar surface area (TPSA) is 22.1 Å². The molecule has 0 N–H and O–H groups in total. The highest BCUT2D eigenvalue weighted by atomic mass is 32.1. The van der Waals surface area contributed by atoms with Crippen molar-refractivity contribution in [1.29, 1.82) is 0 Å². The average molecular weight is 281 g/mol. The SMILES string of the molecule is Cc1nc(-c2ccc(OCc3ccccc3)cc2)cs1. The van der Waals surface area contributed by atoms with E-state index in [1.807, 2.05) is 37.3 Å². The van der Waals surface area contributed by atoms with Crippen molar-refractivity contribution in [3.63, 3.8) is 0 Å². The number of hydrogen-bond acceptors (Lipinski definition) is 3. The molecule has 0 spiro atoms. The highest BCUT2D eigenvalue weighted by Gasteiger charge is 2.02. The molecule has 2 nitrogen and oxygen atoms in total. The molecule has 100 valence electrons. The first kappa shape index (κ1) is 12.9. The maximum Gasteiger partial charge on any atom is 0.119 e. The second-order valence-electron chi connectivity index (χ2n) is 4.55. The first-order chi connectivity index (χ1) is 9.81. The minimum absolute atomic E-state index is 0.593. The van der Waals surface area contributed by atoms with Crippen molar-refractivity contribution in [3.8, 4) is 17.0 Å². The van der Waals surface area contributed by atoms with Gasteiger partial charge in [0.15, 0.2) is 0 Å². The van der Waals surface area contributed by atoms with E-state index in [0.717, 1.165) is 22.0 Å². The van der Waals surface area contributed by atoms with Gasteiger partial charge >= 0.3 is 0 Å². The predicted octanol–water partition coefficient (Wildman–Crippen LogP) is 4.70. The molecule has 0 saturated heterocycles. The van der Waals surface area contributed by atoms with E-state index < -0.39 is 0 Å². The molecule has 0 fully saturated rings. The Hall–Kier alpha value is -2.13. The van der Waals surface area contributed by atoms with E-state index in [9.17, 15) is 0 Å². The van der Waals surface area contributed by atoms with Crippen molar-refractivity contribution in [2.45, 2.75) is 13.5 Å². The van der Waals surface area contributed by atoms with Crippen LogP contribution in [-0.4, -0.2) is 4.98 Å². The molecule has 3 rings (SSSR count). The molecule has 0 amide bonds. The van der Waals surface area contributed by atoms with Crippen LogP contribution in [0, 0.1) is 6.92 Å². The van der Waals surface area contributed by atoms with E-state index in [-0.39, 0.29) is 0 Å². The number of aryl methyl sites for hydroxylation is 1. The molecule has 3 aromatic rings. The largest absolute Gasteiger partial charge is 0.489 e. The van der Waals surface area contributed by atoms with E-state index in [4.69, 9.17) is 4.74 Å². The molecule has 20 heavy (non-hydrogen) atoms. The van der Waals surface area contributed by atoms with Crippen LogP contribution in [0.4, 0.5) is 0 Å². The van der Waals surface area contributed by atoms with Crippen molar-refractivity contribution in [2.24, 2.45) is 0 Å². The minimum atomic E-state index is 0.593. The Morgan fingerprint density at radius 3 is 2.40 bits per heavy atom. The number of hydrogen-bond donors (Lipinski definition) is 0. The van der Waals surface area contributed by atoms with E-state index in [1.54, 1.807) is 11.3 Å². The summed E-state index contributed by atoms with van der Waals surface area (Å²) in [6, 6.07) is 18.3. The molecule has 0 atom stereocenters. The van der Waals surface area contributed by atoms with Crippen LogP contribution >= 0.6 is 11.3 Å². The maximum atomic E-state index is 5.77. The van der Waals surface area contributed by atoms with Gasteiger partial charge in [-0.05, 0) is 36.8 Å². The Balaban J connectivity index is 1.67. The summed E-state index contributed by atoms with van der Waals surface area (Å²) >= 11 is 1.67. The lowest BCUT2D eigenvalue weighted by atomic mass is 10.2. The maximum absolute atomic E-state index is 5.77. The van der Waals surface area contributed by atoms with Crippen molar-refractivity contribution >= 4 is 11.3 Å². The van der Waals surface area contributed by atoms with Gasteiger partial charge < -0.3 is 4.74 Å². The fraction of sp³-hybridized carbons (Fsp3) is 0.118. The fourth-order valence-corrected chi connectivity index (χ4v) is 2.58. The number of nitrogens with zero attached hydrogens (tertiary/aromatic N) is 1. The minimum Gasteiger partial charge on any atom is -0.489 e. The van der Waals surface area contributed by atoms with Gasteiger partial charge in [0.2, 0.25) is 0 Å². The summed E-state index contributed by atoms with van der Waals surface area (Å²) in [4.78, 5) is 4.48. The zero-order valence-corrected chi connectivity index (χ0v) is 12.1. The molecular weight excluding hydrogens is 266 g/mol. The molecule has 0 bridgehead atoms. The van der Waals surface area contributed by atoms with Crippen LogP contribution in [0.15, 0.2) is 60.0 Å². The summed E-state index contributed by atoms with van der Waals surface area (Å²) in [5, 5.41) is 3.17. The molecule has 0 aliphatic rings. The molecule has 0 aliphatic heterocycles. The van der Waals surface area contributed by atoms with Crippen LogP contribution in [-0.2, 0) is 6.61 Å². The second kappa shape index (κ2) is 5.88. The van der Waals surface area contributed by atoms with Crippen LogP contribution in [0.25, 0.3) is 11.3 Å². The summed E-state index contributed by atoms with van der Waals surface area (Å²) in [5.41, 5.74) is 3.33. The molecule has 0 radical (unpaired) electrons. The van der Waals surface area contributed by atoms with Crippen LogP contribution < -0.4 is 4.74 Å². The Bertz CT molecular complexity index is 674. The van der Waals surface area contributed by atoms with Gasteiger partial charge in [-0.1, -0.05) is 30.3 Å². The summed E-state index contributed by atoms with van der Waals surface area (Å²) in [5.74, 6) is 0.879. The number of rotatable bonds is 4. The van der Waals surface area contributed by atoms with Crippen molar-refractivity contribution in [3.05, 3.63) is 70.5 Å². The van der Waals surface area contributed by atoms with Crippen LogP contribution in [0.3, 0.4) is 0 Å². The number of ether oxygens (including phenoxy) is 1. The van der Waals surface area contributed by atoms with Crippen LogP contribution in [0.1, 0.15) is 10.6 Å². The molecule has 1 aromatic heterocycles.